The highest BCUT2D eigenvalue weighted by Crippen LogP contribution is 2.32. The Bertz CT molecular complexity index is 563. The molecule has 1 aromatic rings. The molecular formula is C15H16N2O2. The molecule has 1 aliphatic rings. The minimum absolute atomic E-state index is 0.167. The van der Waals surface area contributed by atoms with Gasteiger partial charge in [0, 0.05) is 17.4 Å². The number of benzene rings is 1. The van der Waals surface area contributed by atoms with Gasteiger partial charge in [-0.3, -0.25) is 9.59 Å². The normalized spacial score (nSPS) is 22.4. The zero-order valence-electron chi connectivity index (χ0n) is 11.0. The zero-order chi connectivity index (χ0) is 14.0. The molecule has 1 fully saturated rings. The van der Waals surface area contributed by atoms with Gasteiger partial charge >= 0.3 is 0 Å². The van der Waals surface area contributed by atoms with Crippen LogP contribution in [0.15, 0.2) is 24.3 Å². The number of hydrogen-bond acceptors (Lipinski definition) is 3. The lowest BCUT2D eigenvalue weighted by molar-refractivity contribution is -0.122. The summed E-state index contributed by atoms with van der Waals surface area (Å²) in [4.78, 5) is 25.6. The summed E-state index contributed by atoms with van der Waals surface area (Å²) in [6.45, 7) is 3.79. The van der Waals surface area contributed by atoms with E-state index in [1.165, 1.54) is 4.90 Å². The molecule has 0 radical (unpaired) electrons. The lowest BCUT2D eigenvalue weighted by atomic mass is 10.00. The average molecular weight is 256 g/mol. The second-order valence-corrected chi connectivity index (χ2v) is 4.61. The topological polar surface area (TPSA) is 63.4 Å². The molecule has 0 aromatic heterocycles. The van der Waals surface area contributed by atoms with Crippen molar-refractivity contribution < 1.29 is 9.59 Å². The van der Waals surface area contributed by atoms with E-state index in [-0.39, 0.29) is 30.2 Å². The van der Waals surface area contributed by atoms with Gasteiger partial charge in [0.05, 0.1) is 12.2 Å². The van der Waals surface area contributed by atoms with Crippen LogP contribution in [0.3, 0.4) is 0 Å². The molecule has 4 heteroatoms. The fourth-order valence-corrected chi connectivity index (χ4v) is 2.10. The van der Waals surface area contributed by atoms with Gasteiger partial charge in [-0.25, -0.2) is 4.90 Å². The fourth-order valence-electron chi connectivity index (χ4n) is 2.10. The van der Waals surface area contributed by atoms with Crippen LogP contribution < -0.4 is 10.6 Å². The maximum absolute atomic E-state index is 12.2. The predicted octanol–water partition coefficient (Wildman–Crippen LogP) is 1.14. The van der Waals surface area contributed by atoms with Crippen LogP contribution in [-0.2, 0) is 9.59 Å². The summed E-state index contributed by atoms with van der Waals surface area (Å²) in [5.74, 6) is 4.74. The first kappa shape index (κ1) is 13.3. The highest BCUT2D eigenvalue weighted by atomic mass is 16.2. The van der Waals surface area contributed by atoms with Crippen molar-refractivity contribution in [2.24, 2.45) is 17.6 Å². The molecule has 0 bridgehead atoms. The molecule has 0 saturated carbocycles. The van der Waals surface area contributed by atoms with Crippen molar-refractivity contribution in [3.05, 3.63) is 29.8 Å². The summed E-state index contributed by atoms with van der Waals surface area (Å²) in [6, 6.07) is 7.13. The summed E-state index contributed by atoms with van der Waals surface area (Å²) >= 11 is 0. The zero-order valence-corrected chi connectivity index (χ0v) is 11.0. The quantitative estimate of drug-likeness (QED) is 0.605. The van der Waals surface area contributed by atoms with Gasteiger partial charge in [0.1, 0.15) is 0 Å². The van der Waals surface area contributed by atoms with Gasteiger partial charge in [0.25, 0.3) is 0 Å². The highest BCUT2D eigenvalue weighted by molar-refractivity contribution is 6.22. The van der Waals surface area contributed by atoms with E-state index in [1.54, 1.807) is 32.0 Å². The Balaban J connectivity index is 2.48. The summed E-state index contributed by atoms with van der Waals surface area (Å²) < 4.78 is 0. The van der Waals surface area contributed by atoms with Crippen LogP contribution in [0, 0.1) is 23.7 Å². The molecule has 1 heterocycles. The van der Waals surface area contributed by atoms with E-state index in [0.717, 1.165) is 0 Å². The molecule has 2 amide bonds. The molecule has 1 saturated heterocycles. The van der Waals surface area contributed by atoms with Crippen molar-refractivity contribution >= 4 is 17.5 Å². The van der Waals surface area contributed by atoms with Crippen molar-refractivity contribution in [1.29, 1.82) is 0 Å². The van der Waals surface area contributed by atoms with Crippen LogP contribution in [0.2, 0.25) is 0 Å². The van der Waals surface area contributed by atoms with Crippen LogP contribution in [0.25, 0.3) is 0 Å². The second kappa shape index (κ2) is 5.25. The first-order valence-corrected chi connectivity index (χ1v) is 6.23. The van der Waals surface area contributed by atoms with Crippen LogP contribution in [0.4, 0.5) is 5.69 Å². The van der Waals surface area contributed by atoms with E-state index in [1.807, 2.05) is 6.07 Å². The molecule has 1 aromatic carbocycles. The van der Waals surface area contributed by atoms with Crippen molar-refractivity contribution in [1.82, 2.24) is 0 Å². The molecule has 2 rings (SSSR count). The Hall–Kier alpha value is -2.12. The Morgan fingerprint density at radius 3 is 2.32 bits per heavy atom. The maximum atomic E-state index is 12.2. The number of hydrogen-bond donors (Lipinski definition) is 1. The molecule has 98 valence electrons. The SMILES string of the molecule is CC1C(=O)N(c2ccccc2C#CCN)C(=O)C1C. The van der Waals surface area contributed by atoms with E-state index in [2.05, 4.69) is 11.8 Å². The number of nitrogens with zero attached hydrogens (tertiary/aromatic N) is 1. The Morgan fingerprint density at radius 2 is 1.74 bits per heavy atom. The predicted molar refractivity (Wildman–Crippen MR) is 73.2 cm³/mol. The highest BCUT2D eigenvalue weighted by Gasteiger charge is 2.43. The van der Waals surface area contributed by atoms with Gasteiger partial charge in [-0.2, -0.15) is 0 Å². The summed E-state index contributed by atoms with van der Waals surface area (Å²) in [7, 11) is 0. The van der Waals surface area contributed by atoms with Crippen LogP contribution in [0.5, 0.6) is 0 Å². The average Bonchev–Trinajstić information content (AvgIpc) is 2.61. The van der Waals surface area contributed by atoms with Gasteiger partial charge in [0.15, 0.2) is 0 Å². The Labute approximate surface area is 112 Å². The molecule has 0 aliphatic carbocycles. The number of imide groups is 1. The van der Waals surface area contributed by atoms with Gasteiger partial charge < -0.3 is 5.73 Å². The second-order valence-electron chi connectivity index (χ2n) is 4.61. The largest absolute Gasteiger partial charge is 0.320 e. The molecular weight excluding hydrogens is 240 g/mol. The smallest absolute Gasteiger partial charge is 0.237 e. The molecule has 1 aliphatic heterocycles. The van der Waals surface area contributed by atoms with Crippen molar-refractivity contribution in [2.75, 3.05) is 11.4 Å². The van der Waals surface area contributed by atoms with E-state index in [9.17, 15) is 9.59 Å². The third kappa shape index (κ3) is 2.25. The Kier molecular flexibility index (Phi) is 3.68. The van der Waals surface area contributed by atoms with Crippen LogP contribution >= 0.6 is 0 Å². The van der Waals surface area contributed by atoms with Gasteiger partial charge in [-0.15, -0.1) is 0 Å². The number of nitrogens with two attached hydrogens (primary N) is 1. The summed E-state index contributed by atoms with van der Waals surface area (Å²) in [6.07, 6.45) is 0. The molecule has 19 heavy (non-hydrogen) atoms. The number of anilines is 1. The number of rotatable bonds is 1. The van der Waals surface area contributed by atoms with Gasteiger partial charge in [0.2, 0.25) is 11.8 Å². The van der Waals surface area contributed by atoms with Gasteiger partial charge in [-0.05, 0) is 12.1 Å². The van der Waals surface area contributed by atoms with Crippen LogP contribution in [-0.4, -0.2) is 18.4 Å². The number of para-hydroxylation sites is 1. The lowest BCUT2D eigenvalue weighted by Gasteiger charge is -2.16. The third-order valence-electron chi connectivity index (χ3n) is 3.44. The first-order chi connectivity index (χ1) is 9.07. The third-order valence-corrected chi connectivity index (χ3v) is 3.44. The fraction of sp³-hybridized carbons (Fsp3) is 0.333. The standard InChI is InChI=1S/C15H16N2O2/c1-10-11(2)15(19)17(14(10)18)13-8-4-3-6-12(13)7-5-9-16/h3-4,6,8,10-11H,9,16H2,1-2H3. The number of amides is 2. The molecule has 2 N–H and O–H groups in total. The summed E-state index contributed by atoms with van der Waals surface area (Å²) in [5.41, 5.74) is 6.56. The molecule has 4 nitrogen and oxygen atoms in total. The maximum Gasteiger partial charge on any atom is 0.237 e. The monoisotopic (exact) mass is 256 g/mol. The summed E-state index contributed by atoms with van der Waals surface area (Å²) in [5, 5.41) is 0. The minimum atomic E-state index is -0.289. The van der Waals surface area contributed by atoms with E-state index >= 15 is 0 Å². The van der Waals surface area contributed by atoms with Crippen molar-refractivity contribution in [3.63, 3.8) is 0 Å². The molecule has 2 atom stereocenters. The Morgan fingerprint density at radius 1 is 1.16 bits per heavy atom. The van der Waals surface area contributed by atoms with E-state index < -0.39 is 0 Å². The van der Waals surface area contributed by atoms with Crippen molar-refractivity contribution in [2.45, 2.75) is 13.8 Å². The van der Waals surface area contributed by atoms with E-state index in [4.69, 9.17) is 5.73 Å². The van der Waals surface area contributed by atoms with Crippen LogP contribution in [0.1, 0.15) is 19.4 Å². The number of carbonyl (C=O) groups is 2. The molecule has 2 unspecified atom stereocenters. The van der Waals surface area contributed by atoms with Gasteiger partial charge in [-0.1, -0.05) is 37.8 Å². The van der Waals surface area contributed by atoms with E-state index in [0.29, 0.717) is 11.3 Å². The lowest BCUT2D eigenvalue weighted by Crippen LogP contribution is -2.31. The first-order valence-electron chi connectivity index (χ1n) is 6.23. The molecule has 0 spiro atoms. The van der Waals surface area contributed by atoms with Crippen molar-refractivity contribution in [3.8, 4) is 11.8 Å². The minimum Gasteiger partial charge on any atom is -0.320 e. The number of carbonyl (C=O) groups excluding carboxylic acids is 2.